The Morgan fingerprint density at radius 2 is 2.07 bits per heavy atom. The number of amides is 1. The molecule has 148 valence electrons. The zero-order chi connectivity index (χ0) is 19.6. The number of aldehydes is 1. The molecule has 2 aromatic rings. The molecule has 4 rings (SSSR count). The Morgan fingerprint density at radius 1 is 1.29 bits per heavy atom. The number of nitrogens with zero attached hydrogens (tertiary/aromatic N) is 4. The molecule has 2 aliphatic rings. The zero-order valence-electron chi connectivity index (χ0n) is 16.3. The number of fused-ring (bicyclic) bond motifs is 1. The molecule has 0 aliphatic carbocycles. The van der Waals surface area contributed by atoms with Crippen LogP contribution < -0.4 is 4.90 Å². The maximum Gasteiger partial charge on any atom is 0.409 e. The summed E-state index contributed by atoms with van der Waals surface area (Å²) in [6.07, 6.45) is 6.30. The first-order chi connectivity index (χ1) is 13.6. The van der Waals surface area contributed by atoms with Crippen LogP contribution in [0.3, 0.4) is 0 Å². The second-order valence-corrected chi connectivity index (χ2v) is 7.94. The van der Waals surface area contributed by atoms with Crippen molar-refractivity contribution in [1.82, 2.24) is 15.1 Å². The quantitative estimate of drug-likeness (QED) is 0.583. The van der Waals surface area contributed by atoms with Gasteiger partial charge in [-0.1, -0.05) is 25.5 Å². The summed E-state index contributed by atoms with van der Waals surface area (Å²) in [5.41, 5.74) is 0.874. The minimum Gasteiger partial charge on any atom is -0.449 e. The number of carbonyl (C=O) groups is 2. The molecule has 1 amide bonds. The van der Waals surface area contributed by atoms with Crippen LogP contribution in [0.25, 0.3) is 10.8 Å². The van der Waals surface area contributed by atoms with Crippen molar-refractivity contribution < 1.29 is 14.3 Å². The van der Waals surface area contributed by atoms with Gasteiger partial charge in [0.25, 0.3) is 0 Å². The fourth-order valence-corrected chi connectivity index (χ4v) is 4.17. The summed E-state index contributed by atoms with van der Waals surface area (Å²) in [7, 11) is 0. The Morgan fingerprint density at radius 3 is 2.79 bits per heavy atom. The molecule has 3 heterocycles. The second-order valence-electron chi connectivity index (χ2n) is 7.94. The van der Waals surface area contributed by atoms with E-state index in [2.05, 4.69) is 22.0 Å². The minimum atomic E-state index is -0.180. The largest absolute Gasteiger partial charge is 0.449 e. The van der Waals surface area contributed by atoms with Crippen molar-refractivity contribution in [3.63, 3.8) is 0 Å². The van der Waals surface area contributed by atoms with E-state index in [4.69, 9.17) is 4.74 Å². The summed E-state index contributed by atoms with van der Waals surface area (Å²) >= 11 is 0. The summed E-state index contributed by atoms with van der Waals surface area (Å²) in [5.74, 6) is 0.841. The minimum absolute atomic E-state index is 0.180. The molecule has 1 spiro atoms. The first kappa shape index (κ1) is 18.7. The summed E-state index contributed by atoms with van der Waals surface area (Å²) < 4.78 is 5.33. The van der Waals surface area contributed by atoms with Crippen molar-refractivity contribution in [2.75, 3.05) is 37.7 Å². The molecule has 0 unspecified atom stereocenters. The smallest absolute Gasteiger partial charge is 0.409 e. The highest BCUT2D eigenvalue weighted by Gasteiger charge is 2.46. The number of aromatic nitrogens is 2. The van der Waals surface area contributed by atoms with E-state index in [0.29, 0.717) is 12.2 Å². The van der Waals surface area contributed by atoms with Crippen molar-refractivity contribution in [3.8, 4) is 0 Å². The van der Waals surface area contributed by atoms with Gasteiger partial charge in [-0.15, -0.1) is 5.10 Å². The van der Waals surface area contributed by atoms with Gasteiger partial charge in [0, 0.05) is 47.9 Å². The standard InChI is InChI=1S/C21H26N4O3/c1-2-3-10-28-20(27)24-8-6-21(7-9-24)14-25(15-21)19-18-11-16(13-26)4-5-17(18)12-22-23-19/h4-5,11-13H,2-3,6-10,14-15H2,1H3. The summed E-state index contributed by atoms with van der Waals surface area (Å²) in [6.45, 7) is 5.90. The van der Waals surface area contributed by atoms with Gasteiger partial charge in [0.2, 0.25) is 0 Å². The first-order valence-corrected chi connectivity index (χ1v) is 10.0. The number of unbranched alkanes of at least 4 members (excludes halogenated alkanes) is 1. The van der Waals surface area contributed by atoms with Crippen LogP contribution in [0.15, 0.2) is 24.4 Å². The monoisotopic (exact) mass is 382 g/mol. The van der Waals surface area contributed by atoms with Crippen LogP contribution in [0.4, 0.5) is 10.6 Å². The van der Waals surface area contributed by atoms with E-state index in [1.165, 1.54) is 0 Å². The number of piperidine rings is 1. The number of ether oxygens (including phenoxy) is 1. The van der Waals surface area contributed by atoms with Gasteiger partial charge in [-0.3, -0.25) is 4.79 Å². The molecular formula is C21H26N4O3. The van der Waals surface area contributed by atoms with Crippen LogP contribution in [-0.4, -0.2) is 60.3 Å². The molecule has 7 nitrogen and oxygen atoms in total. The third-order valence-corrected chi connectivity index (χ3v) is 5.96. The predicted molar refractivity (Wildman–Crippen MR) is 107 cm³/mol. The van der Waals surface area contributed by atoms with E-state index in [9.17, 15) is 9.59 Å². The van der Waals surface area contributed by atoms with Gasteiger partial charge < -0.3 is 14.5 Å². The molecular weight excluding hydrogens is 356 g/mol. The number of likely N-dealkylation sites (tertiary alicyclic amines) is 1. The molecule has 0 saturated carbocycles. The maximum absolute atomic E-state index is 12.1. The van der Waals surface area contributed by atoms with E-state index in [1.54, 1.807) is 12.3 Å². The molecule has 2 saturated heterocycles. The van der Waals surface area contributed by atoms with Crippen LogP contribution in [0, 0.1) is 5.41 Å². The van der Waals surface area contributed by atoms with Crippen LogP contribution in [0.1, 0.15) is 43.0 Å². The van der Waals surface area contributed by atoms with Crippen LogP contribution in [-0.2, 0) is 4.74 Å². The molecule has 28 heavy (non-hydrogen) atoms. The molecule has 0 bridgehead atoms. The molecule has 1 aromatic heterocycles. The van der Waals surface area contributed by atoms with Crippen molar-refractivity contribution in [3.05, 3.63) is 30.0 Å². The molecule has 0 N–H and O–H groups in total. The highest BCUT2D eigenvalue weighted by atomic mass is 16.6. The average Bonchev–Trinajstić information content (AvgIpc) is 2.71. The van der Waals surface area contributed by atoms with Crippen LogP contribution in [0.2, 0.25) is 0 Å². The lowest BCUT2D eigenvalue weighted by Gasteiger charge is -2.54. The molecule has 0 radical (unpaired) electrons. The van der Waals surface area contributed by atoms with Crippen molar-refractivity contribution in [2.45, 2.75) is 32.6 Å². The van der Waals surface area contributed by atoms with Gasteiger partial charge in [0.15, 0.2) is 5.82 Å². The SMILES string of the molecule is CCCCOC(=O)N1CCC2(CC1)CN(c1nncc3ccc(C=O)cc13)C2. The highest BCUT2D eigenvalue weighted by Crippen LogP contribution is 2.43. The fraction of sp³-hybridized carbons (Fsp3) is 0.524. The lowest BCUT2D eigenvalue weighted by molar-refractivity contribution is 0.0524. The van der Waals surface area contributed by atoms with Gasteiger partial charge in [-0.2, -0.15) is 5.10 Å². The van der Waals surface area contributed by atoms with Gasteiger partial charge >= 0.3 is 6.09 Å². The highest BCUT2D eigenvalue weighted by molar-refractivity contribution is 5.95. The number of benzene rings is 1. The number of hydrogen-bond donors (Lipinski definition) is 0. The number of anilines is 1. The average molecular weight is 382 g/mol. The molecule has 7 heteroatoms. The molecule has 2 fully saturated rings. The number of rotatable bonds is 5. The molecule has 2 aliphatic heterocycles. The second kappa shape index (κ2) is 7.73. The van der Waals surface area contributed by atoms with Gasteiger partial charge in [0.05, 0.1) is 12.8 Å². The van der Waals surface area contributed by atoms with Crippen molar-refractivity contribution in [1.29, 1.82) is 0 Å². The Balaban J connectivity index is 1.38. The topological polar surface area (TPSA) is 75.6 Å². The Labute approximate surface area is 164 Å². The lowest BCUT2D eigenvalue weighted by Crippen LogP contribution is -2.61. The molecule has 1 aromatic carbocycles. The summed E-state index contributed by atoms with van der Waals surface area (Å²) in [5, 5.41) is 10.4. The number of hydrogen-bond acceptors (Lipinski definition) is 6. The van der Waals surface area contributed by atoms with Crippen LogP contribution >= 0.6 is 0 Å². The third-order valence-electron chi connectivity index (χ3n) is 5.96. The van der Waals surface area contributed by atoms with Gasteiger partial charge in [0.1, 0.15) is 6.29 Å². The normalized spacial score (nSPS) is 18.2. The zero-order valence-corrected chi connectivity index (χ0v) is 16.3. The number of carbonyl (C=O) groups excluding carboxylic acids is 2. The van der Waals surface area contributed by atoms with E-state index >= 15 is 0 Å². The van der Waals surface area contributed by atoms with Crippen molar-refractivity contribution >= 4 is 29.0 Å². The Kier molecular flexibility index (Phi) is 5.15. The van der Waals surface area contributed by atoms with Crippen molar-refractivity contribution in [2.24, 2.45) is 5.41 Å². The Bertz CT molecular complexity index is 869. The first-order valence-electron chi connectivity index (χ1n) is 10.0. The van der Waals surface area contributed by atoms with E-state index in [1.807, 2.05) is 17.0 Å². The summed E-state index contributed by atoms with van der Waals surface area (Å²) in [4.78, 5) is 27.3. The summed E-state index contributed by atoms with van der Waals surface area (Å²) in [6, 6.07) is 5.59. The Hall–Kier alpha value is -2.70. The lowest BCUT2D eigenvalue weighted by atomic mass is 9.72. The van der Waals surface area contributed by atoms with Gasteiger partial charge in [-0.05, 0) is 25.3 Å². The molecule has 0 atom stereocenters. The van der Waals surface area contributed by atoms with Gasteiger partial charge in [-0.25, -0.2) is 4.79 Å². The third kappa shape index (κ3) is 3.53. The fourth-order valence-electron chi connectivity index (χ4n) is 4.17. The van der Waals surface area contributed by atoms with Crippen LogP contribution in [0.5, 0.6) is 0 Å². The van der Waals surface area contributed by atoms with E-state index in [-0.39, 0.29) is 11.5 Å². The van der Waals surface area contributed by atoms with E-state index < -0.39 is 0 Å². The predicted octanol–water partition coefficient (Wildman–Crippen LogP) is 3.28. The maximum atomic E-state index is 12.1. The van der Waals surface area contributed by atoms with E-state index in [0.717, 1.165) is 74.7 Å².